The third-order valence-electron chi connectivity index (χ3n) is 4.96. The highest BCUT2D eigenvalue weighted by Gasteiger charge is 2.38. The van der Waals surface area contributed by atoms with Gasteiger partial charge in [-0.2, -0.15) is 0 Å². The third kappa shape index (κ3) is 3.47. The molecule has 2 aromatic rings. The fourth-order valence-corrected chi connectivity index (χ4v) is 3.43. The third-order valence-corrected chi connectivity index (χ3v) is 4.96. The molecule has 0 aromatic heterocycles. The summed E-state index contributed by atoms with van der Waals surface area (Å²) in [5, 5.41) is 49.0. The topological polar surface area (TPSA) is 129 Å². The lowest BCUT2D eigenvalue weighted by Crippen LogP contribution is -2.22. The molecule has 1 aliphatic rings. The minimum atomic E-state index is -1.35. The van der Waals surface area contributed by atoms with Crippen LogP contribution in [-0.2, 0) is 0 Å². The zero-order valence-corrected chi connectivity index (χ0v) is 15.6. The van der Waals surface area contributed by atoms with Crippen molar-refractivity contribution < 1.29 is 39.7 Å². The number of phenolic OH excluding ortho intramolecular Hbond substituents is 1. The molecule has 4 unspecified atom stereocenters. The van der Waals surface area contributed by atoms with Crippen LogP contribution in [0.5, 0.6) is 23.0 Å². The summed E-state index contributed by atoms with van der Waals surface area (Å²) >= 11 is 0. The minimum Gasteiger partial charge on any atom is -0.504 e. The molecule has 4 atom stereocenters. The predicted octanol–water partition coefficient (Wildman–Crippen LogP) is 1.01. The molecule has 8 heteroatoms. The number of hydrogen-bond acceptors (Lipinski definition) is 8. The van der Waals surface area contributed by atoms with Crippen molar-refractivity contribution in [3.63, 3.8) is 0 Å². The average molecular weight is 392 g/mol. The van der Waals surface area contributed by atoms with Crippen molar-refractivity contribution in [2.24, 2.45) is 0 Å². The summed E-state index contributed by atoms with van der Waals surface area (Å²) in [7, 11) is 2.89. The monoisotopic (exact) mass is 392 g/mol. The van der Waals surface area contributed by atoms with Gasteiger partial charge in [0.15, 0.2) is 23.0 Å². The summed E-state index contributed by atoms with van der Waals surface area (Å²) in [6, 6.07) is 7.94. The molecular formula is C20H24O8. The van der Waals surface area contributed by atoms with Crippen molar-refractivity contribution in [2.45, 2.75) is 24.2 Å². The number of methoxy groups -OCH3 is 2. The van der Waals surface area contributed by atoms with E-state index in [0.717, 1.165) is 0 Å². The SMILES string of the molecule is COc1cc(C2Oc3c(OC)cc(C(O)C(O)CO)cc3C2CO)ccc1O. The number of aromatic hydroxyl groups is 1. The van der Waals surface area contributed by atoms with E-state index in [9.17, 15) is 20.4 Å². The highest BCUT2D eigenvalue weighted by Crippen LogP contribution is 2.52. The second-order valence-corrected chi connectivity index (χ2v) is 6.60. The smallest absolute Gasteiger partial charge is 0.165 e. The fourth-order valence-electron chi connectivity index (χ4n) is 3.43. The fraction of sp³-hybridized carbons (Fsp3) is 0.400. The highest BCUT2D eigenvalue weighted by molar-refractivity contribution is 5.56. The molecule has 2 aromatic carbocycles. The van der Waals surface area contributed by atoms with Gasteiger partial charge in [0.2, 0.25) is 0 Å². The van der Waals surface area contributed by atoms with Gasteiger partial charge in [0, 0.05) is 5.56 Å². The number of aliphatic hydroxyl groups excluding tert-OH is 4. The van der Waals surface area contributed by atoms with Crippen LogP contribution in [0.1, 0.15) is 34.8 Å². The highest BCUT2D eigenvalue weighted by atomic mass is 16.5. The van der Waals surface area contributed by atoms with Gasteiger partial charge in [-0.25, -0.2) is 0 Å². The van der Waals surface area contributed by atoms with Crippen LogP contribution in [0, 0.1) is 0 Å². The van der Waals surface area contributed by atoms with E-state index in [2.05, 4.69) is 0 Å². The van der Waals surface area contributed by atoms with E-state index in [1.165, 1.54) is 26.4 Å². The van der Waals surface area contributed by atoms with Gasteiger partial charge < -0.3 is 39.7 Å². The Morgan fingerprint density at radius 2 is 1.75 bits per heavy atom. The van der Waals surface area contributed by atoms with Crippen LogP contribution in [0.4, 0.5) is 0 Å². The zero-order chi connectivity index (χ0) is 20.4. The van der Waals surface area contributed by atoms with Crippen molar-refractivity contribution in [3.8, 4) is 23.0 Å². The van der Waals surface area contributed by atoms with Crippen molar-refractivity contribution in [1.29, 1.82) is 0 Å². The number of rotatable bonds is 7. The van der Waals surface area contributed by atoms with Gasteiger partial charge in [-0.15, -0.1) is 0 Å². The van der Waals surface area contributed by atoms with Gasteiger partial charge in [0.25, 0.3) is 0 Å². The molecule has 152 valence electrons. The largest absolute Gasteiger partial charge is 0.504 e. The molecule has 0 saturated heterocycles. The summed E-state index contributed by atoms with van der Waals surface area (Å²) in [6.45, 7) is -0.845. The predicted molar refractivity (Wildman–Crippen MR) is 98.9 cm³/mol. The standard InChI is InChI=1S/C20H24O8/c1-26-16-6-10(3-4-14(16)23)19-13(8-21)12-5-11(18(25)15(24)9-22)7-17(27-2)20(12)28-19/h3-7,13,15,18-19,21-25H,8-9H2,1-2H3. The van der Waals surface area contributed by atoms with Crippen LogP contribution in [0.15, 0.2) is 30.3 Å². The molecule has 0 radical (unpaired) electrons. The lowest BCUT2D eigenvalue weighted by Gasteiger charge is -2.19. The summed E-state index contributed by atoms with van der Waals surface area (Å²) in [5.41, 5.74) is 1.63. The Morgan fingerprint density at radius 1 is 1.04 bits per heavy atom. The van der Waals surface area contributed by atoms with Gasteiger partial charge in [-0.1, -0.05) is 6.07 Å². The van der Waals surface area contributed by atoms with Crippen LogP contribution in [0.2, 0.25) is 0 Å². The van der Waals surface area contributed by atoms with E-state index >= 15 is 0 Å². The number of fused-ring (bicyclic) bond motifs is 1. The quantitative estimate of drug-likeness (QED) is 0.472. The van der Waals surface area contributed by atoms with E-state index < -0.39 is 30.8 Å². The van der Waals surface area contributed by atoms with Gasteiger partial charge in [-0.05, 0) is 35.4 Å². The van der Waals surface area contributed by atoms with E-state index in [-0.39, 0.29) is 18.1 Å². The molecule has 28 heavy (non-hydrogen) atoms. The summed E-state index contributed by atoms with van der Waals surface area (Å²) in [5.74, 6) is 0.555. The summed E-state index contributed by atoms with van der Waals surface area (Å²) in [6.07, 6.45) is -3.25. The number of benzene rings is 2. The Bertz CT molecular complexity index is 837. The van der Waals surface area contributed by atoms with Crippen molar-refractivity contribution in [2.75, 3.05) is 27.4 Å². The number of hydrogen-bond donors (Lipinski definition) is 5. The maximum atomic E-state index is 10.3. The zero-order valence-electron chi connectivity index (χ0n) is 15.6. The number of aliphatic hydroxyl groups is 4. The Kier molecular flexibility index (Phi) is 5.95. The molecule has 1 heterocycles. The maximum absolute atomic E-state index is 10.3. The molecule has 0 saturated carbocycles. The molecule has 8 nitrogen and oxygen atoms in total. The first-order chi connectivity index (χ1) is 13.4. The van der Waals surface area contributed by atoms with Crippen molar-refractivity contribution in [3.05, 3.63) is 47.0 Å². The Morgan fingerprint density at radius 3 is 2.36 bits per heavy atom. The Labute approximate surface area is 162 Å². The molecule has 0 amide bonds. The number of ether oxygens (including phenoxy) is 3. The van der Waals surface area contributed by atoms with E-state index in [1.54, 1.807) is 18.2 Å². The Hall–Kier alpha value is -2.52. The molecule has 0 spiro atoms. The second-order valence-electron chi connectivity index (χ2n) is 6.60. The lowest BCUT2D eigenvalue weighted by atomic mass is 9.89. The van der Waals surface area contributed by atoms with E-state index in [4.69, 9.17) is 19.3 Å². The first-order valence-corrected chi connectivity index (χ1v) is 8.78. The van der Waals surface area contributed by atoms with Crippen LogP contribution in [-0.4, -0.2) is 59.1 Å². The van der Waals surface area contributed by atoms with Gasteiger partial charge >= 0.3 is 0 Å². The average Bonchev–Trinajstić information content (AvgIpc) is 3.10. The van der Waals surface area contributed by atoms with Crippen LogP contribution in [0.25, 0.3) is 0 Å². The second kappa shape index (κ2) is 8.24. The molecule has 0 bridgehead atoms. The molecule has 0 aliphatic carbocycles. The van der Waals surface area contributed by atoms with Gasteiger partial charge in [0.05, 0.1) is 33.4 Å². The van der Waals surface area contributed by atoms with Crippen LogP contribution >= 0.6 is 0 Å². The first-order valence-electron chi connectivity index (χ1n) is 8.78. The first kappa shape index (κ1) is 20.2. The molecule has 3 rings (SSSR count). The van der Waals surface area contributed by atoms with Crippen LogP contribution in [0.3, 0.4) is 0 Å². The summed E-state index contributed by atoms with van der Waals surface area (Å²) < 4.78 is 16.6. The summed E-state index contributed by atoms with van der Waals surface area (Å²) in [4.78, 5) is 0. The normalized spacial score (nSPS) is 20.2. The van der Waals surface area contributed by atoms with Crippen molar-refractivity contribution >= 4 is 0 Å². The van der Waals surface area contributed by atoms with Crippen LogP contribution < -0.4 is 14.2 Å². The molecule has 5 N–H and O–H groups in total. The minimum absolute atomic E-state index is 0.0108. The van der Waals surface area contributed by atoms with E-state index in [1.807, 2.05) is 0 Å². The van der Waals surface area contributed by atoms with Crippen molar-refractivity contribution in [1.82, 2.24) is 0 Å². The Balaban J connectivity index is 2.04. The lowest BCUT2D eigenvalue weighted by molar-refractivity contribution is -0.0153. The van der Waals surface area contributed by atoms with E-state index in [0.29, 0.717) is 28.2 Å². The van der Waals surface area contributed by atoms with Gasteiger partial charge in [-0.3, -0.25) is 0 Å². The maximum Gasteiger partial charge on any atom is 0.165 e. The van der Waals surface area contributed by atoms with Gasteiger partial charge in [0.1, 0.15) is 18.3 Å². The molecular weight excluding hydrogens is 368 g/mol. The molecule has 1 aliphatic heterocycles. The molecule has 0 fully saturated rings. The number of phenols is 1.